The number of hydrogen-bond acceptors (Lipinski definition) is 1. The molecule has 0 saturated carbocycles. The van der Waals surface area contributed by atoms with Crippen LogP contribution in [-0.2, 0) is 0 Å². The third-order valence-corrected chi connectivity index (χ3v) is 1.06. The normalized spacial score (nSPS) is 8.00. The Morgan fingerprint density at radius 3 is 2.00 bits per heavy atom. The van der Waals surface area contributed by atoms with Gasteiger partial charge in [-0.1, -0.05) is 18.2 Å². The van der Waals surface area contributed by atoms with Crippen molar-refractivity contribution in [1.29, 1.82) is 0 Å². The zero-order valence-corrected chi connectivity index (χ0v) is 6.99. The highest BCUT2D eigenvalue weighted by Crippen LogP contribution is 1.94. The Balaban J connectivity index is 0.000000810. The average molecular weight is 155 g/mol. The molecule has 0 aliphatic heterocycles. The fourth-order valence-electron chi connectivity index (χ4n) is 0.602. The average Bonchev–Trinajstić information content (AvgIpc) is 1.90. The molecule has 0 spiro atoms. The van der Waals surface area contributed by atoms with E-state index >= 15 is 0 Å². The smallest absolute Gasteiger partial charge is 0.248 e. The minimum absolute atomic E-state index is 0. The van der Waals surface area contributed by atoms with Crippen molar-refractivity contribution < 1.29 is 4.79 Å². The molecule has 1 amide bonds. The van der Waals surface area contributed by atoms with Crippen molar-refractivity contribution in [2.75, 3.05) is 0 Å². The third kappa shape index (κ3) is 2.16. The summed E-state index contributed by atoms with van der Waals surface area (Å²) in [6, 6.07) is 8.76. The molecule has 0 heterocycles. The van der Waals surface area contributed by atoms with Crippen molar-refractivity contribution in [3.8, 4) is 0 Å². The number of rotatable bonds is 1. The van der Waals surface area contributed by atoms with Crippen molar-refractivity contribution in [2.24, 2.45) is 5.73 Å². The number of primary amides is 1. The van der Waals surface area contributed by atoms with Gasteiger partial charge in [0.2, 0.25) is 5.91 Å². The molecular weight excluding hydrogens is 145 g/mol. The Labute approximate surface area is 63.0 Å². The second-order valence-corrected chi connectivity index (χ2v) is 1.73. The van der Waals surface area contributed by atoms with Gasteiger partial charge in [-0.05, 0) is 12.1 Å². The quantitative estimate of drug-likeness (QED) is 0.600. The van der Waals surface area contributed by atoms with Crippen LogP contribution in [0.3, 0.4) is 0 Å². The number of hydrogen-bond donors (Lipinski definition) is 1. The van der Waals surface area contributed by atoms with Crippen molar-refractivity contribution in [1.82, 2.24) is 0 Å². The molecule has 0 aliphatic carbocycles. The molecule has 0 fully saturated rings. The second kappa shape index (κ2) is 4.02. The minimum atomic E-state index is -0.379. The van der Waals surface area contributed by atoms with Gasteiger partial charge < -0.3 is 5.73 Å². The lowest BCUT2D eigenvalue weighted by molar-refractivity contribution is 0.100. The standard InChI is InChI=1S/C7H7NO.H3P/c8-7(9)6-4-2-1-3-5-6;/h1-5H,(H2,8,9);1H3. The monoisotopic (exact) mass is 155 g/mol. The van der Waals surface area contributed by atoms with E-state index in [1.807, 2.05) is 6.07 Å². The summed E-state index contributed by atoms with van der Waals surface area (Å²) >= 11 is 0. The molecule has 10 heavy (non-hydrogen) atoms. The van der Waals surface area contributed by atoms with E-state index in [9.17, 15) is 4.79 Å². The van der Waals surface area contributed by atoms with Crippen LogP contribution >= 0.6 is 9.90 Å². The van der Waals surface area contributed by atoms with Gasteiger partial charge in [0.25, 0.3) is 0 Å². The van der Waals surface area contributed by atoms with Gasteiger partial charge in [-0.15, -0.1) is 0 Å². The molecule has 1 unspecified atom stereocenters. The predicted octanol–water partition coefficient (Wildman–Crippen LogP) is 0.844. The summed E-state index contributed by atoms with van der Waals surface area (Å²) in [6.07, 6.45) is 0. The van der Waals surface area contributed by atoms with E-state index in [0.29, 0.717) is 5.56 Å². The molecule has 0 bridgehead atoms. The number of amides is 1. The first-order valence-electron chi connectivity index (χ1n) is 2.65. The van der Waals surface area contributed by atoms with E-state index in [0.717, 1.165) is 0 Å². The molecule has 1 aromatic carbocycles. The minimum Gasteiger partial charge on any atom is -0.366 e. The first kappa shape index (κ1) is 9.12. The molecule has 3 heteroatoms. The molecule has 0 aliphatic rings. The third-order valence-electron chi connectivity index (χ3n) is 1.06. The first-order chi connectivity index (χ1) is 4.30. The highest BCUT2D eigenvalue weighted by molar-refractivity contribution is 6.92. The Hall–Kier alpha value is -0.880. The van der Waals surface area contributed by atoms with Crippen LogP contribution in [0, 0.1) is 0 Å². The SMILES string of the molecule is NC(=O)c1ccccc1.P. The van der Waals surface area contributed by atoms with Gasteiger partial charge in [-0.2, -0.15) is 9.90 Å². The van der Waals surface area contributed by atoms with Crippen LogP contribution in [0.2, 0.25) is 0 Å². The fourth-order valence-corrected chi connectivity index (χ4v) is 0.602. The summed E-state index contributed by atoms with van der Waals surface area (Å²) < 4.78 is 0. The Morgan fingerprint density at radius 1 is 1.20 bits per heavy atom. The number of carbonyl (C=O) groups excluding carboxylic acids is 1. The van der Waals surface area contributed by atoms with Crippen LogP contribution in [0.1, 0.15) is 10.4 Å². The molecule has 54 valence electrons. The lowest BCUT2D eigenvalue weighted by atomic mass is 10.2. The van der Waals surface area contributed by atoms with Crippen LogP contribution in [-0.4, -0.2) is 5.91 Å². The second-order valence-electron chi connectivity index (χ2n) is 1.73. The van der Waals surface area contributed by atoms with Crippen LogP contribution in [0.15, 0.2) is 30.3 Å². The molecule has 0 aromatic heterocycles. The van der Waals surface area contributed by atoms with Crippen LogP contribution in [0.5, 0.6) is 0 Å². The first-order valence-corrected chi connectivity index (χ1v) is 2.65. The fraction of sp³-hybridized carbons (Fsp3) is 0. The van der Waals surface area contributed by atoms with E-state index in [1.54, 1.807) is 24.3 Å². The molecule has 0 saturated heterocycles. The largest absolute Gasteiger partial charge is 0.366 e. The maximum Gasteiger partial charge on any atom is 0.248 e. The Kier molecular flexibility index (Phi) is 3.67. The molecular formula is C7H10NOP. The lowest BCUT2D eigenvalue weighted by Gasteiger charge is -1.89. The van der Waals surface area contributed by atoms with Gasteiger partial charge in [-0.3, -0.25) is 4.79 Å². The van der Waals surface area contributed by atoms with E-state index in [2.05, 4.69) is 0 Å². The van der Waals surface area contributed by atoms with E-state index in [-0.39, 0.29) is 15.8 Å². The van der Waals surface area contributed by atoms with Gasteiger partial charge in [0.15, 0.2) is 0 Å². The van der Waals surface area contributed by atoms with E-state index in [1.165, 1.54) is 0 Å². The van der Waals surface area contributed by atoms with Crippen molar-refractivity contribution in [3.63, 3.8) is 0 Å². The van der Waals surface area contributed by atoms with Gasteiger partial charge in [0.05, 0.1) is 0 Å². The summed E-state index contributed by atoms with van der Waals surface area (Å²) in [5, 5.41) is 0. The highest BCUT2D eigenvalue weighted by Gasteiger charge is 1.93. The Morgan fingerprint density at radius 2 is 1.70 bits per heavy atom. The predicted molar refractivity (Wildman–Crippen MR) is 46.1 cm³/mol. The van der Waals surface area contributed by atoms with Gasteiger partial charge >= 0.3 is 0 Å². The van der Waals surface area contributed by atoms with E-state index < -0.39 is 0 Å². The van der Waals surface area contributed by atoms with Gasteiger partial charge in [0, 0.05) is 5.56 Å². The molecule has 1 aromatic rings. The van der Waals surface area contributed by atoms with Crippen molar-refractivity contribution in [3.05, 3.63) is 35.9 Å². The zero-order chi connectivity index (χ0) is 6.69. The number of benzene rings is 1. The topological polar surface area (TPSA) is 43.1 Å². The van der Waals surface area contributed by atoms with Crippen molar-refractivity contribution in [2.45, 2.75) is 0 Å². The number of nitrogens with two attached hydrogens (primary N) is 1. The summed E-state index contributed by atoms with van der Waals surface area (Å²) in [6.45, 7) is 0. The summed E-state index contributed by atoms with van der Waals surface area (Å²) in [5.41, 5.74) is 5.53. The van der Waals surface area contributed by atoms with E-state index in [4.69, 9.17) is 5.73 Å². The molecule has 2 N–H and O–H groups in total. The summed E-state index contributed by atoms with van der Waals surface area (Å²) in [4.78, 5) is 10.4. The zero-order valence-electron chi connectivity index (χ0n) is 5.58. The lowest BCUT2D eigenvalue weighted by Crippen LogP contribution is -2.09. The summed E-state index contributed by atoms with van der Waals surface area (Å²) in [5.74, 6) is -0.379. The molecule has 1 rings (SSSR count). The van der Waals surface area contributed by atoms with Gasteiger partial charge in [-0.25, -0.2) is 0 Å². The molecule has 0 radical (unpaired) electrons. The maximum absolute atomic E-state index is 10.4. The van der Waals surface area contributed by atoms with Crippen LogP contribution < -0.4 is 5.73 Å². The van der Waals surface area contributed by atoms with Gasteiger partial charge in [0.1, 0.15) is 0 Å². The number of carbonyl (C=O) groups is 1. The van der Waals surface area contributed by atoms with Crippen LogP contribution in [0.25, 0.3) is 0 Å². The highest BCUT2D eigenvalue weighted by atomic mass is 31.0. The maximum atomic E-state index is 10.4. The Bertz CT molecular complexity index is 210. The molecule has 1 atom stereocenters. The van der Waals surface area contributed by atoms with Crippen molar-refractivity contribution >= 4 is 15.8 Å². The van der Waals surface area contributed by atoms with Crippen LogP contribution in [0.4, 0.5) is 0 Å². The molecule has 2 nitrogen and oxygen atoms in total. The summed E-state index contributed by atoms with van der Waals surface area (Å²) in [7, 11) is 0.